The van der Waals surface area contributed by atoms with E-state index in [0.29, 0.717) is 6.42 Å². The Hall–Kier alpha value is -1.26. The summed E-state index contributed by atoms with van der Waals surface area (Å²) in [7, 11) is 1.41. The van der Waals surface area contributed by atoms with Crippen LogP contribution in [-0.4, -0.2) is 41.8 Å². The summed E-state index contributed by atoms with van der Waals surface area (Å²) in [5.41, 5.74) is -0.505. The standard InChI is InChI=1S/C14H23NO4/c1-14(2,3)19-13(17)15-9-6-5-7-11(15)10(8-9)12(16)18-4/h9-11H,5-8H2,1-4H3. The average molecular weight is 269 g/mol. The Morgan fingerprint density at radius 1 is 1.21 bits per heavy atom. The Morgan fingerprint density at radius 2 is 1.89 bits per heavy atom. The number of nitrogens with zero attached hydrogens (tertiary/aromatic N) is 1. The van der Waals surface area contributed by atoms with Crippen LogP contribution in [0.1, 0.15) is 46.5 Å². The molecule has 0 radical (unpaired) electrons. The minimum atomic E-state index is -0.505. The van der Waals surface area contributed by atoms with Crippen molar-refractivity contribution in [2.45, 2.75) is 64.1 Å². The number of hydrogen-bond donors (Lipinski definition) is 0. The molecule has 2 bridgehead atoms. The summed E-state index contributed by atoms with van der Waals surface area (Å²) in [4.78, 5) is 25.9. The first-order valence-corrected chi connectivity index (χ1v) is 6.92. The summed E-state index contributed by atoms with van der Waals surface area (Å²) >= 11 is 0. The zero-order valence-electron chi connectivity index (χ0n) is 12.1. The second kappa shape index (κ2) is 5.02. The van der Waals surface area contributed by atoms with Crippen LogP contribution in [0.15, 0.2) is 0 Å². The Balaban J connectivity index is 2.13. The molecule has 0 N–H and O–H groups in total. The number of methoxy groups -OCH3 is 1. The first-order valence-electron chi connectivity index (χ1n) is 6.92. The van der Waals surface area contributed by atoms with Crippen LogP contribution in [0.3, 0.4) is 0 Å². The second-order valence-electron chi connectivity index (χ2n) is 6.41. The molecule has 2 saturated heterocycles. The molecule has 2 aliphatic rings. The van der Waals surface area contributed by atoms with Crippen molar-refractivity contribution >= 4 is 12.1 Å². The summed E-state index contributed by atoms with van der Waals surface area (Å²) in [6.07, 6.45) is 3.27. The van der Waals surface area contributed by atoms with E-state index in [-0.39, 0.29) is 30.1 Å². The molecular formula is C14H23NO4. The third kappa shape index (κ3) is 2.85. The van der Waals surface area contributed by atoms with Crippen LogP contribution in [0.2, 0.25) is 0 Å². The normalized spacial score (nSPS) is 30.1. The summed E-state index contributed by atoms with van der Waals surface area (Å²) in [6.45, 7) is 5.57. The molecule has 0 aliphatic carbocycles. The highest BCUT2D eigenvalue weighted by atomic mass is 16.6. The topological polar surface area (TPSA) is 55.8 Å². The van der Waals surface area contributed by atoms with Crippen LogP contribution in [-0.2, 0) is 14.3 Å². The van der Waals surface area contributed by atoms with Crippen LogP contribution >= 0.6 is 0 Å². The van der Waals surface area contributed by atoms with Crippen molar-refractivity contribution in [3.05, 3.63) is 0 Å². The molecule has 5 heteroatoms. The van der Waals surface area contributed by atoms with Gasteiger partial charge in [0.1, 0.15) is 5.60 Å². The van der Waals surface area contributed by atoms with E-state index < -0.39 is 5.60 Å². The molecule has 19 heavy (non-hydrogen) atoms. The molecule has 0 aromatic carbocycles. The van der Waals surface area contributed by atoms with Gasteiger partial charge in [-0.1, -0.05) is 0 Å². The molecule has 2 heterocycles. The van der Waals surface area contributed by atoms with E-state index in [0.717, 1.165) is 19.3 Å². The third-order valence-corrected chi connectivity index (χ3v) is 3.89. The number of carbonyl (C=O) groups is 2. The zero-order chi connectivity index (χ0) is 14.2. The van der Waals surface area contributed by atoms with E-state index in [1.54, 1.807) is 4.90 Å². The van der Waals surface area contributed by atoms with Crippen LogP contribution in [0.25, 0.3) is 0 Å². The predicted molar refractivity (Wildman–Crippen MR) is 69.6 cm³/mol. The lowest BCUT2D eigenvalue weighted by atomic mass is 9.98. The van der Waals surface area contributed by atoms with E-state index in [1.807, 2.05) is 20.8 Å². The average Bonchev–Trinajstić information content (AvgIpc) is 2.53. The SMILES string of the molecule is COC(=O)C1CC2CCCC1N2C(=O)OC(C)(C)C. The lowest BCUT2D eigenvalue weighted by Gasteiger charge is -2.36. The molecule has 0 spiro atoms. The van der Waals surface area contributed by atoms with Gasteiger partial charge in [0, 0.05) is 12.1 Å². The van der Waals surface area contributed by atoms with Crippen LogP contribution in [0.4, 0.5) is 4.79 Å². The predicted octanol–water partition coefficient (Wildman–Crippen LogP) is 2.34. The minimum absolute atomic E-state index is 0.0546. The minimum Gasteiger partial charge on any atom is -0.469 e. The number of hydrogen-bond acceptors (Lipinski definition) is 4. The third-order valence-electron chi connectivity index (χ3n) is 3.89. The van der Waals surface area contributed by atoms with E-state index >= 15 is 0 Å². The van der Waals surface area contributed by atoms with Gasteiger partial charge in [-0.15, -0.1) is 0 Å². The summed E-state index contributed by atoms with van der Waals surface area (Å²) < 4.78 is 10.3. The first kappa shape index (κ1) is 14.2. The molecule has 2 fully saturated rings. The summed E-state index contributed by atoms with van der Waals surface area (Å²) in [5, 5.41) is 0. The van der Waals surface area contributed by atoms with Crippen molar-refractivity contribution in [3.8, 4) is 0 Å². The zero-order valence-corrected chi connectivity index (χ0v) is 12.1. The smallest absolute Gasteiger partial charge is 0.410 e. The number of esters is 1. The van der Waals surface area contributed by atoms with Gasteiger partial charge in [-0.25, -0.2) is 4.79 Å². The van der Waals surface area contributed by atoms with E-state index in [9.17, 15) is 9.59 Å². The van der Waals surface area contributed by atoms with Crippen molar-refractivity contribution in [1.82, 2.24) is 4.90 Å². The highest BCUT2D eigenvalue weighted by Gasteiger charge is 2.50. The van der Waals surface area contributed by atoms with Gasteiger partial charge in [0.15, 0.2) is 0 Å². The molecule has 2 aliphatic heterocycles. The maximum atomic E-state index is 12.3. The Kier molecular flexibility index (Phi) is 3.74. The fourth-order valence-electron chi connectivity index (χ4n) is 3.19. The van der Waals surface area contributed by atoms with Crippen LogP contribution < -0.4 is 0 Å². The molecular weight excluding hydrogens is 246 g/mol. The number of piperidine rings is 1. The van der Waals surface area contributed by atoms with E-state index in [4.69, 9.17) is 9.47 Å². The highest BCUT2D eigenvalue weighted by Crippen LogP contribution is 2.41. The Labute approximate surface area is 114 Å². The van der Waals surface area contributed by atoms with Crippen molar-refractivity contribution in [2.75, 3.05) is 7.11 Å². The van der Waals surface area contributed by atoms with Crippen LogP contribution in [0, 0.1) is 5.92 Å². The van der Waals surface area contributed by atoms with Gasteiger partial charge in [-0.2, -0.15) is 0 Å². The Bertz CT molecular complexity index is 374. The molecule has 108 valence electrons. The monoisotopic (exact) mass is 269 g/mol. The summed E-state index contributed by atoms with van der Waals surface area (Å²) in [6, 6.07) is 0.0683. The van der Waals surface area contributed by atoms with Crippen molar-refractivity contribution in [3.63, 3.8) is 0 Å². The lowest BCUT2D eigenvalue weighted by Crippen LogP contribution is -2.48. The maximum Gasteiger partial charge on any atom is 0.410 e. The molecule has 1 amide bonds. The number of fused-ring (bicyclic) bond motifs is 2. The van der Waals surface area contributed by atoms with Gasteiger partial charge < -0.3 is 14.4 Å². The van der Waals surface area contributed by atoms with E-state index in [2.05, 4.69) is 0 Å². The fraction of sp³-hybridized carbons (Fsp3) is 0.857. The molecule has 0 aromatic heterocycles. The van der Waals surface area contributed by atoms with Gasteiger partial charge in [-0.3, -0.25) is 4.79 Å². The number of amides is 1. The molecule has 0 saturated carbocycles. The molecule has 3 atom stereocenters. The largest absolute Gasteiger partial charge is 0.469 e. The van der Waals surface area contributed by atoms with Gasteiger partial charge in [0.05, 0.1) is 13.0 Å². The van der Waals surface area contributed by atoms with Crippen LogP contribution in [0.5, 0.6) is 0 Å². The van der Waals surface area contributed by atoms with Crippen molar-refractivity contribution in [1.29, 1.82) is 0 Å². The van der Waals surface area contributed by atoms with Crippen molar-refractivity contribution in [2.24, 2.45) is 5.92 Å². The first-order chi connectivity index (χ1) is 8.83. The molecule has 5 nitrogen and oxygen atoms in total. The Morgan fingerprint density at radius 3 is 2.47 bits per heavy atom. The lowest BCUT2D eigenvalue weighted by molar-refractivity contribution is -0.146. The number of carbonyl (C=O) groups excluding carboxylic acids is 2. The van der Waals surface area contributed by atoms with Gasteiger partial charge in [0.2, 0.25) is 0 Å². The maximum absolute atomic E-state index is 12.3. The molecule has 2 rings (SSSR count). The number of rotatable bonds is 1. The fourth-order valence-corrected chi connectivity index (χ4v) is 3.19. The molecule has 0 aromatic rings. The number of ether oxygens (including phenoxy) is 2. The highest BCUT2D eigenvalue weighted by molar-refractivity contribution is 5.77. The van der Waals surface area contributed by atoms with Gasteiger partial charge in [-0.05, 0) is 46.5 Å². The quantitative estimate of drug-likeness (QED) is 0.686. The molecule has 3 unspecified atom stereocenters. The second-order valence-corrected chi connectivity index (χ2v) is 6.41. The summed E-state index contributed by atoms with van der Waals surface area (Å²) in [5.74, 6) is -0.395. The van der Waals surface area contributed by atoms with Gasteiger partial charge >= 0.3 is 12.1 Å². The van der Waals surface area contributed by atoms with E-state index in [1.165, 1.54) is 7.11 Å². The van der Waals surface area contributed by atoms with Crippen molar-refractivity contribution < 1.29 is 19.1 Å². The van der Waals surface area contributed by atoms with Gasteiger partial charge in [0.25, 0.3) is 0 Å².